The predicted molar refractivity (Wildman–Crippen MR) is 97.3 cm³/mol. The zero-order valence-electron chi connectivity index (χ0n) is 13.6. The molecule has 1 aliphatic heterocycles. The van der Waals surface area contributed by atoms with Gasteiger partial charge in [-0.25, -0.2) is 5.01 Å². The van der Waals surface area contributed by atoms with Crippen LogP contribution in [0, 0.1) is 0 Å². The van der Waals surface area contributed by atoms with Crippen molar-refractivity contribution in [3.05, 3.63) is 58.1 Å². The molecule has 0 atom stereocenters. The second kappa shape index (κ2) is 6.98. The molecule has 0 aliphatic carbocycles. The van der Waals surface area contributed by atoms with Gasteiger partial charge in [0.15, 0.2) is 11.5 Å². The highest BCUT2D eigenvalue weighted by molar-refractivity contribution is 9.10. The third-order valence-corrected chi connectivity index (χ3v) is 4.22. The third-order valence-electron chi connectivity index (χ3n) is 3.69. The number of methoxy groups -OCH3 is 2. The molecule has 1 heterocycles. The van der Waals surface area contributed by atoms with Gasteiger partial charge in [0.05, 0.1) is 19.9 Å². The molecule has 0 spiro atoms. The number of benzene rings is 2. The first kappa shape index (κ1) is 17.0. The number of nitrogens with one attached hydrogen (secondary N) is 1. The Morgan fingerprint density at radius 1 is 1.00 bits per heavy atom. The summed E-state index contributed by atoms with van der Waals surface area (Å²) < 4.78 is 11.3. The van der Waals surface area contributed by atoms with Gasteiger partial charge in [-0.05, 0) is 48.0 Å². The molecule has 2 aromatic carbocycles. The van der Waals surface area contributed by atoms with Crippen molar-refractivity contribution < 1.29 is 19.1 Å². The van der Waals surface area contributed by atoms with Gasteiger partial charge in [0, 0.05) is 4.47 Å². The number of amides is 2. The van der Waals surface area contributed by atoms with Crippen molar-refractivity contribution in [1.82, 2.24) is 5.43 Å². The Bertz CT molecular complexity index is 862. The van der Waals surface area contributed by atoms with Crippen LogP contribution in [0.3, 0.4) is 0 Å². The lowest BCUT2D eigenvalue weighted by Gasteiger charge is -2.14. The van der Waals surface area contributed by atoms with Crippen molar-refractivity contribution in [2.75, 3.05) is 19.2 Å². The number of anilines is 1. The second-order valence-corrected chi connectivity index (χ2v) is 6.15. The van der Waals surface area contributed by atoms with Crippen LogP contribution in [-0.4, -0.2) is 26.0 Å². The van der Waals surface area contributed by atoms with E-state index in [1.165, 1.54) is 18.2 Å². The average Bonchev–Trinajstić information content (AvgIpc) is 2.90. The summed E-state index contributed by atoms with van der Waals surface area (Å²) in [5.41, 5.74) is 3.86. The summed E-state index contributed by atoms with van der Waals surface area (Å²) in [5.74, 6) is 0.223. The van der Waals surface area contributed by atoms with Crippen molar-refractivity contribution in [1.29, 1.82) is 0 Å². The van der Waals surface area contributed by atoms with Crippen molar-refractivity contribution >= 4 is 39.5 Å². The molecular formula is C18H15BrN2O4. The van der Waals surface area contributed by atoms with E-state index < -0.39 is 11.8 Å². The second-order valence-electron chi connectivity index (χ2n) is 5.23. The Morgan fingerprint density at radius 3 is 2.32 bits per heavy atom. The molecule has 1 saturated heterocycles. The molecule has 1 N–H and O–H groups in total. The van der Waals surface area contributed by atoms with Crippen molar-refractivity contribution in [2.45, 2.75) is 0 Å². The molecule has 2 aromatic rings. The molecule has 1 aliphatic rings. The number of ether oxygens (including phenoxy) is 2. The van der Waals surface area contributed by atoms with Gasteiger partial charge in [0.2, 0.25) is 0 Å². The summed E-state index contributed by atoms with van der Waals surface area (Å²) in [7, 11) is 3.07. The molecule has 128 valence electrons. The van der Waals surface area contributed by atoms with Gasteiger partial charge >= 0.3 is 0 Å². The lowest BCUT2D eigenvalue weighted by atomic mass is 10.1. The van der Waals surface area contributed by atoms with E-state index in [0.29, 0.717) is 22.7 Å². The van der Waals surface area contributed by atoms with Gasteiger partial charge < -0.3 is 9.47 Å². The van der Waals surface area contributed by atoms with Crippen molar-refractivity contribution in [3.8, 4) is 11.5 Å². The average molecular weight is 403 g/mol. The van der Waals surface area contributed by atoms with E-state index >= 15 is 0 Å². The van der Waals surface area contributed by atoms with Gasteiger partial charge in [-0.1, -0.05) is 22.0 Å². The zero-order chi connectivity index (χ0) is 18.0. The van der Waals surface area contributed by atoms with Crippen LogP contribution in [0.4, 0.5) is 5.69 Å². The third kappa shape index (κ3) is 3.36. The smallest absolute Gasteiger partial charge is 0.282 e. The van der Waals surface area contributed by atoms with Crippen molar-refractivity contribution in [3.63, 3.8) is 0 Å². The quantitative estimate of drug-likeness (QED) is 0.630. The first-order valence-electron chi connectivity index (χ1n) is 7.38. The van der Waals surface area contributed by atoms with E-state index in [-0.39, 0.29) is 5.57 Å². The van der Waals surface area contributed by atoms with E-state index in [0.717, 1.165) is 4.47 Å². The first-order chi connectivity index (χ1) is 12.0. The van der Waals surface area contributed by atoms with Crippen molar-refractivity contribution in [2.24, 2.45) is 0 Å². The number of hydrogen-bond donors (Lipinski definition) is 1. The van der Waals surface area contributed by atoms with Crippen LogP contribution in [0.1, 0.15) is 5.56 Å². The molecule has 0 bridgehead atoms. The summed E-state index contributed by atoms with van der Waals surface area (Å²) in [6.07, 6.45) is 1.53. The molecule has 0 radical (unpaired) electrons. The summed E-state index contributed by atoms with van der Waals surface area (Å²) in [5, 5.41) is 1.22. The summed E-state index contributed by atoms with van der Waals surface area (Å²) >= 11 is 3.34. The van der Waals surface area contributed by atoms with Gasteiger partial charge in [-0.15, -0.1) is 0 Å². The number of rotatable bonds is 4. The minimum Gasteiger partial charge on any atom is -0.493 e. The van der Waals surface area contributed by atoms with E-state index in [1.54, 1.807) is 49.6 Å². The van der Waals surface area contributed by atoms with Gasteiger partial charge in [-0.3, -0.25) is 15.0 Å². The number of halogens is 1. The Hall–Kier alpha value is -2.80. The molecule has 25 heavy (non-hydrogen) atoms. The van der Waals surface area contributed by atoms with E-state index in [9.17, 15) is 9.59 Å². The number of hydrazine groups is 1. The molecule has 2 amide bonds. The van der Waals surface area contributed by atoms with E-state index in [1.807, 2.05) is 0 Å². The number of nitrogens with zero attached hydrogens (tertiary/aromatic N) is 1. The lowest BCUT2D eigenvalue weighted by Crippen LogP contribution is -2.35. The fraction of sp³-hybridized carbons (Fsp3) is 0.111. The van der Waals surface area contributed by atoms with Crippen LogP contribution in [0.25, 0.3) is 6.08 Å². The fourth-order valence-electron chi connectivity index (χ4n) is 2.44. The first-order valence-corrected chi connectivity index (χ1v) is 8.17. The summed E-state index contributed by atoms with van der Waals surface area (Å²) in [6.45, 7) is 0. The Balaban J connectivity index is 1.92. The highest BCUT2D eigenvalue weighted by Crippen LogP contribution is 2.29. The highest BCUT2D eigenvalue weighted by Gasteiger charge is 2.34. The highest BCUT2D eigenvalue weighted by atomic mass is 79.9. The maximum Gasteiger partial charge on any atom is 0.282 e. The largest absolute Gasteiger partial charge is 0.493 e. The Kier molecular flexibility index (Phi) is 4.76. The van der Waals surface area contributed by atoms with Crippen LogP contribution in [0.5, 0.6) is 11.5 Å². The Labute approximate surface area is 153 Å². The molecule has 0 saturated carbocycles. The molecule has 3 rings (SSSR count). The molecular weight excluding hydrogens is 388 g/mol. The van der Waals surface area contributed by atoms with E-state index in [2.05, 4.69) is 21.4 Å². The maximum absolute atomic E-state index is 12.6. The normalized spacial score (nSPS) is 15.5. The predicted octanol–water partition coefficient (Wildman–Crippen LogP) is 2.93. The van der Waals surface area contributed by atoms with Crippen LogP contribution in [-0.2, 0) is 9.59 Å². The van der Waals surface area contributed by atoms with Crippen LogP contribution in [0.15, 0.2) is 52.5 Å². The zero-order valence-corrected chi connectivity index (χ0v) is 15.2. The Morgan fingerprint density at radius 2 is 1.68 bits per heavy atom. The molecule has 0 aromatic heterocycles. The molecule has 6 nitrogen and oxygen atoms in total. The minimum atomic E-state index is -0.456. The van der Waals surface area contributed by atoms with Gasteiger partial charge in [0.25, 0.3) is 11.8 Å². The lowest BCUT2D eigenvalue weighted by molar-refractivity contribution is -0.117. The fourth-order valence-corrected chi connectivity index (χ4v) is 2.70. The van der Waals surface area contributed by atoms with Gasteiger partial charge in [0.1, 0.15) is 5.57 Å². The van der Waals surface area contributed by atoms with E-state index in [4.69, 9.17) is 9.47 Å². The number of carbonyl (C=O) groups is 2. The molecule has 7 heteroatoms. The molecule has 0 unspecified atom stereocenters. The SMILES string of the molecule is COc1ccc(/C=C2/C(=O)NN(c3ccc(Br)cc3)C2=O)cc1OC. The summed E-state index contributed by atoms with van der Waals surface area (Å²) in [6, 6.07) is 12.2. The monoisotopic (exact) mass is 402 g/mol. The van der Waals surface area contributed by atoms with Crippen LogP contribution >= 0.6 is 15.9 Å². The number of hydrogen-bond acceptors (Lipinski definition) is 4. The summed E-state index contributed by atoms with van der Waals surface area (Å²) in [4.78, 5) is 24.8. The minimum absolute atomic E-state index is 0.0511. The maximum atomic E-state index is 12.6. The topological polar surface area (TPSA) is 67.9 Å². The number of carbonyl (C=O) groups excluding carboxylic acids is 2. The van der Waals surface area contributed by atoms with Crippen LogP contribution in [0.2, 0.25) is 0 Å². The van der Waals surface area contributed by atoms with Gasteiger partial charge in [-0.2, -0.15) is 0 Å². The molecule has 1 fully saturated rings. The van der Waals surface area contributed by atoms with Crippen LogP contribution < -0.4 is 19.9 Å². The standard InChI is InChI=1S/C18H15BrN2O4/c1-24-15-8-3-11(10-16(15)25-2)9-14-17(22)20-21(18(14)23)13-6-4-12(19)5-7-13/h3-10H,1-2H3,(H,20,22)/b14-9-.